The second-order valence-corrected chi connectivity index (χ2v) is 8.56. The van der Waals surface area contributed by atoms with Gasteiger partial charge in [-0.05, 0) is 35.6 Å². The summed E-state index contributed by atoms with van der Waals surface area (Å²) in [5.41, 5.74) is 4.56. The van der Waals surface area contributed by atoms with Crippen molar-refractivity contribution < 1.29 is 29.0 Å². The number of carbonyl (C=O) groups excluding carboxylic acids is 2. The summed E-state index contributed by atoms with van der Waals surface area (Å²) in [7, 11) is 0. The number of benzene rings is 2. The van der Waals surface area contributed by atoms with Gasteiger partial charge < -0.3 is 25.2 Å². The van der Waals surface area contributed by atoms with E-state index in [2.05, 4.69) is 34.9 Å². The second kappa shape index (κ2) is 10.0. The van der Waals surface area contributed by atoms with Crippen LogP contribution >= 0.6 is 0 Å². The van der Waals surface area contributed by atoms with Gasteiger partial charge in [-0.15, -0.1) is 0 Å². The molecule has 1 saturated heterocycles. The van der Waals surface area contributed by atoms with Gasteiger partial charge in [0.15, 0.2) is 0 Å². The topological polar surface area (TPSA) is 114 Å². The molecule has 0 bridgehead atoms. The molecule has 8 heteroatoms. The lowest BCUT2D eigenvalue weighted by atomic mass is 9.98. The van der Waals surface area contributed by atoms with Crippen molar-refractivity contribution in [2.75, 3.05) is 19.8 Å². The minimum atomic E-state index is -0.907. The normalized spacial score (nSPS) is 19.9. The van der Waals surface area contributed by atoms with Crippen molar-refractivity contribution in [3.63, 3.8) is 0 Å². The van der Waals surface area contributed by atoms with Crippen LogP contribution in [-0.2, 0) is 19.1 Å². The van der Waals surface area contributed by atoms with Gasteiger partial charge in [-0.2, -0.15) is 0 Å². The number of aliphatic carboxylic acids is 1. The highest BCUT2D eigenvalue weighted by molar-refractivity contribution is 5.81. The van der Waals surface area contributed by atoms with Crippen molar-refractivity contribution in [1.82, 2.24) is 10.6 Å². The number of rotatable bonds is 8. The molecular formula is C25H28N2O6. The Balaban J connectivity index is 1.32. The number of hydrogen-bond acceptors (Lipinski definition) is 5. The van der Waals surface area contributed by atoms with Crippen molar-refractivity contribution in [1.29, 1.82) is 0 Å². The molecule has 174 valence electrons. The molecule has 3 atom stereocenters. The largest absolute Gasteiger partial charge is 0.481 e. The first-order valence-electron chi connectivity index (χ1n) is 11.2. The molecule has 2 aromatic rings. The molecular weight excluding hydrogens is 424 g/mol. The van der Waals surface area contributed by atoms with Crippen molar-refractivity contribution in [2.45, 2.75) is 37.8 Å². The molecule has 1 heterocycles. The molecule has 8 nitrogen and oxygen atoms in total. The van der Waals surface area contributed by atoms with E-state index in [1.54, 1.807) is 6.92 Å². The van der Waals surface area contributed by atoms with Crippen LogP contribution in [0.2, 0.25) is 0 Å². The van der Waals surface area contributed by atoms with Crippen LogP contribution < -0.4 is 10.6 Å². The van der Waals surface area contributed by atoms with Crippen LogP contribution in [0.1, 0.15) is 36.8 Å². The average Bonchev–Trinajstić information content (AvgIpc) is 3.39. The van der Waals surface area contributed by atoms with E-state index in [4.69, 9.17) is 14.6 Å². The fourth-order valence-corrected chi connectivity index (χ4v) is 4.51. The van der Waals surface area contributed by atoms with E-state index in [-0.39, 0.29) is 44.1 Å². The number of carboxylic acids is 1. The highest BCUT2D eigenvalue weighted by Crippen LogP contribution is 2.44. The Labute approximate surface area is 192 Å². The van der Waals surface area contributed by atoms with Gasteiger partial charge in [-0.25, -0.2) is 4.79 Å². The third-order valence-electron chi connectivity index (χ3n) is 6.24. The van der Waals surface area contributed by atoms with Crippen LogP contribution in [0.5, 0.6) is 0 Å². The zero-order chi connectivity index (χ0) is 23.4. The molecule has 33 heavy (non-hydrogen) atoms. The van der Waals surface area contributed by atoms with Crippen LogP contribution in [0.25, 0.3) is 11.1 Å². The number of carboxylic acid groups (broad SMARTS) is 1. The number of fused-ring (bicyclic) bond motifs is 3. The molecule has 0 aromatic heterocycles. The van der Waals surface area contributed by atoms with E-state index in [1.165, 1.54) is 0 Å². The maximum Gasteiger partial charge on any atom is 0.407 e. The third-order valence-corrected chi connectivity index (χ3v) is 6.24. The van der Waals surface area contributed by atoms with E-state index in [0.29, 0.717) is 6.42 Å². The summed E-state index contributed by atoms with van der Waals surface area (Å²) in [4.78, 5) is 35.9. The first kappa shape index (κ1) is 22.8. The quantitative estimate of drug-likeness (QED) is 0.568. The lowest BCUT2D eigenvalue weighted by molar-refractivity contribution is -0.137. The van der Waals surface area contributed by atoms with Gasteiger partial charge in [0, 0.05) is 18.4 Å². The smallest absolute Gasteiger partial charge is 0.407 e. The molecule has 2 aromatic carbocycles. The minimum Gasteiger partial charge on any atom is -0.481 e. The summed E-state index contributed by atoms with van der Waals surface area (Å²) >= 11 is 0. The Morgan fingerprint density at radius 1 is 1.06 bits per heavy atom. The van der Waals surface area contributed by atoms with E-state index in [1.807, 2.05) is 24.3 Å². The van der Waals surface area contributed by atoms with Crippen LogP contribution in [0, 0.1) is 5.92 Å². The maximum absolute atomic E-state index is 12.6. The molecule has 4 rings (SSSR count). The van der Waals surface area contributed by atoms with Gasteiger partial charge in [0.25, 0.3) is 0 Å². The SMILES string of the molecule is CC(CCC(=O)O)NC(=O)C1COCC1NC(=O)OCC1c2ccccc2-c2ccccc21. The molecule has 1 aliphatic heterocycles. The van der Waals surface area contributed by atoms with E-state index in [9.17, 15) is 14.4 Å². The van der Waals surface area contributed by atoms with Crippen LogP contribution in [-0.4, -0.2) is 55.0 Å². The van der Waals surface area contributed by atoms with Gasteiger partial charge in [0.05, 0.1) is 25.2 Å². The minimum absolute atomic E-state index is 0.0238. The molecule has 0 saturated carbocycles. The van der Waals surface area contributed by atoms with Crippen LogP contribution in [0.3, 0.4) is 0 Å². The molecule has 0 radical (unpaired) electrons. The average molecular weight is 453 g/mol. The van der Waals surface area contributed by atoms with E-state index >= 15 is 0 Å². The number of ether oxygens (including phenoxy) is 2. The molecule has 1 aliphatic carbocycles. The predicted molar refractivity (Wildman–Crippen MR) is 121 cm³/mol. The van der Waals surface area contributed by atoms with Gasteiger partial charge in [0.2, 0.25) is 5.91 Å². The fraction of sp³-hybridized carbons (Fsp3) is 0.400. The van der Waals surface area contributed by atoms with Crippen molar-refractivity contribution in [3.8, 4) is 11.1 Å². The zero-order valence-corrected chi connectivity index (χ0v) is 18.5. The Bertz CT molecular complexity index is 994. The Morgan fingerprint density at radius 2 is 1.70 bits per heavy atom. The Morgan fingerprint density at radius 3 is 2.33 bits per heavy atom. The number of nitrogens with one attached hydrogen (secondary N) is 2. The number of alkyl carbamates (subject to hydrolysis) is 1. The Hall–Kier alpha value is -3.39. The van der Waals surface area contributed by atoms with Crippen molar-refractivity contribution in [2.24, 2.45) is 5.92 Å². The van der Waals surface area contributed by atoms with E-state index < -0.39 is 24.0 Å². The molecule has 2 amide bonds. The Kier molecular flexibility index (Phi) is 6.93. The fourth-order valence-electron chi connectivity index (χ4n) is 4.51. The zero-order valence-electron chi connectivity index (χ0n) is 18.5. The van der Waals surface area contributed by atoms with Gasteiger partial charge in [-0.3, -0.25) is 9.59 Å². The van der Waals surface area contributed by atoms with Crippen LogP contribution in [0.15, 0.2) is 48.5 Å². The van der Waals surface area contributed by atoms with E-state index in [0.717, 1.165) is 22.3 Å². The summed E-state index contributed by atoms with van der Waals surface area (Å²) in [6.45, 7) is 2.35. The lowest BCUT2D eigenvalue weighted by Gasteiger charge is -2.21. The van der Waals surface area contributed by atoms with Gasteiger partial charge >= 0.3 is 12.1 Å². The standard InChI is InChI=1S/C25H28N2O6/c1-15(10-11-23(28)29)26-24(30)21-12-32-14-22(21)27-25(31)33-13-20-18-8-4-2-6-16(18)17-7-3-5-9-19(17)20/h2-9,15,20-22H,10-14H2,1H3,(H,26,30)(H,27,31)(H,28,29). The van der Waals surface area contributed by atoms with Gasteiger partial charge in [0.1, 0.15) is 6.61 Å². The molecule has 3 N–H and O–H groups in total. The highest BCUT2D eigenvalue weighted by Gasteiger charge is 2.36. The third kappa shape index (κ3) is 5.17. The summed E-state index contributed by atoms with van der Waals surface area (Å²) < 4.78 is 11.0. The van der Waals surface area contributed by atoms with Crippen molar-refractivity contribution in [3.05, 3.63) is 59.7 Å². The first-order chi connectivity index (χ1) is 15.9. The monoisotopic (exact) mass is 452 g/mol. The molecule has 1 fully saturated rings. The maximum atomic E-state index is 12.6. The summed E-state index contributed by atoms with van der Waals surface area (Å²) in [6, 6.07) is 15.4. The number of amides is 2. The van der Waals surface area contributed by atoms with Gasteiger partial charge in [-0.1, -0.05) is 48.5 Å². The van der Waals surface area contributed by atoms with Crippen LogP contribution in [0.4, 0.5) is 4.79 Å². The summed E-state index contributed by atoms with van der Waals surface area (Å²) in [5, 5.41) is 14.4. The molecule has 2 aliphatic rings. The first-order valence-corrected chi connectivity index (χ1v) is 11.2. The summed E-state index contributed by atoms with van der Waals surface area (Å²) in [5.74, 6) is -1.78. The molecule has 0 spiro atoms. The highest BCUT2D eigenvalue weighted by atomic mass is 16.5. The second-order valence-electron chi connectivity index (χ2n) is 8.56. The number of carbonyl (C=O) groups is 3. The summed E-state index contributed by atoms with van der Waals surface area (Å²) in [6.07, 6.45) is -0.285. The van der Waals surface area contributed by atoms with Crippen molar-refractivity contribution >= 4 is 18.0 Å². The predicted octanol–water partition coefficient (Wildman–Crippen LogP) is 2.91. The molecule has 3 unspecified atom stereocenters. The number of hydrogen-bond donors (Lipinski definition) is 3. The lowest BCUT2D eigenvalue weighted by Crippen LogP contribution is -2.48.